The van der Waals surface area contributed by atoms with Crippen molar-refractivity contribution < 1.29 is 13.2 Å². The van der Waals surface area contributed by atoms with Gasteiger partial charge in [-0.1, -0.05) is 18.2 Å². The molecule has 1 amide bonds. The molecule has 2 atom stereocenters. The first-order chi connectivity index (χ1) is 9.83. The first-order valence-electron chi connectivity index (χ1n) is 7.17. The Bertz CT molecular complexity index is 628. The highest BCUT2D eigenvalue weighted by molar-refractivity contribution is 7.92. The summed E-state index contributed by atoms with van der Waals surface area (Å²) in [6.45, 7) is 3.77. The van der Waals surface area contributed by atoms with Crippen LogP contribution in [0.4, 0.5) is 5.69 Å². The summed E-state index contributed by atoms with van der Waals surface area (Å²) in [7, 11) is -3.06. The van der Waals surface area contributed by atoms with Gasteiger partial charge >= 0.3 is 0 Å². The van der Waals surface area contributed by atoms with E-state index in [1.165, 1.54) is 0 Å². The topological polar surface area (TPSA) is 80.5 Å². The number of rotatable bonds is 3. The van der Waals surface area contributed by atoms with Gasteiger partial charge in [0.1, 0.15) is 0 Å². The number of anilines is 1. The molecule has 0 radical (unpaired) electrons. The minimum absolute atomic E-state index is 0.00694. The number of carbonyl (C=O) groups excluding carboxylic acids is 1. The van der Waals surface area contributed by atoms with Gasteiger partial charge in [-0.25, -0.2) is 8.42 Å². The van der Waals surface area contributed by atoms with E-state index in [1.54, 1.807) is 18.7 Å². The van der Waals surface area contributed by atoms with Crippen molar-refractivity contribution in [3.8, 4) is 0 Å². The van der Waals surface area contributed by atoms with Gasteiger partial charge in [-0.05, 0) is 31.9 Å². The molecule has 5 nitrogen and oxygen atoms in total. The molecule has 1 fully saturated rings. The predicted molar refractivity (Wildman–Crippen MR) is 83.6 cm³/mol. The molecule has 0 bridgehead atoms. The first-order valence-corrected chi connectivity index (χ1v) is 8.89. The third kappa shape index (κ3) is 3.37. The number of nitrogens with two attached hydrogens (primary N) is 1. The fourth-order valence-corrected chi connectivity index (χ4v) is 4.24. The van der Waals surface area contributed by atoms with E-state index in [2.05, 4.69) is 0 Å². The predicted octanol–water partition coefficient (Wildman–Crippen LogP) is 1.24. The number of aryl methyl sites for hydroxylation is 1. The SMILES string of the molecule is CC1C(C)S(=O)(=O)CCN1C(=O)CCc1ccccc1N. The van der Waals surface area contributed by atoms with Crippen LogP contribution in [0.3, 0.4) is 0 Å². The van der Waals surface area contributed by atoms with E-state index in [9.17, 15) is 13.2 Å². The second-order valence-corrected chi connectivity index (χ2v) is 8.08. The average Bonchev–Trinajstić information content (AvgIpc) is 2.44. The molecule has 2 N–H and O–H groups in total. The van der Waals surface area contributed by atoms with Gasteiger partial charge in [0.05, 0.1) is 11.0 Å². The molecule has 2 rings (SSSR count). The molecule has 1 saturated heterocycles. The molecule has 6 heteroatoms. The molecule has 1 aliphatic heterocycles. The maximum atomic E-state index is 12.3. The average molecular weight is 310 g/mol. The number of nitrogens with zero attached hydrogens (tertiary/aromatic N) is 1. The van der Waals surface area contributed by atoms with Crippen LogP contribution in [0.5, 0.6) is 0 Å². The van der Waals surface area contributed by atoms with E-state index in [4.69, 9.17) is 5.73 Å². The summed E-state index contributed by atoms with van der Waals surface area (Å²) in [5, 5.41) is -0.503. The normalized spacial score (nSPS) is 24.8. The molecule has 0 spiro atoms. The molecule has 1 aliphatic rings. The second kappa shape index (κ2) is 6.05. The lowest BCUT2D eigenvalue weighted by Crippen LogP contribution is -2.54. The Hall–Kier alpha value is -1.56. The number of nitrogen functional groups attached to an aromatic ring is 1. The fourth-order valence-electron chi connectivity index (χ4n) is 2.67. The van der Waals surface area contributed by atoms with E-state index in [0.29, 0.717) is 18.5 Å². The van der Waals surface area contributed by atoms with Crippen LogP contribution in [0, 0.1) is 0 Å². The second-order valence-electron chi connectivity index (χ2n) is 5.60. The van der Waals surface area contributed by atoms with Gasteiger partial charge in [0, 0.05) is 24.7 Å². The van der Waals surface area contributed by atoms with E-state index >= 15 is 0 Å². The molecular weight excluding hydrogens is 288 g/mol. The van der Waals surface area contributed by atoms with Gasteiger partial charge in [0.2, 0.25) is 5.91 Å². The standard InChI is InChI=1S/C15H22N2O3S/c1-11-12(2)21(19,20)10-9-17(11)15(18)8-7-13-5-3-4-6-14(13)16/h3-6,11-12H,7-10,16H2,1-2H3. The first kappa shape index (κ1) is 15.8. The van der Waals surface area contributed by atoms with Gasteiger partial charge in [0.15, 0.2) is 9.84 Å². The molecule has 2 unspecified atom stereocenters. The molecular formula is C15H22N2O3S. The summed E-state index contributed by atoms with van der Waals surface area (Å²) < 4.78 is 23.7. The maximum absolute atomic E-state index is 12.3. The number of para-hydroxylation sites is 1. The highest BCUT2D eigenvalue weighted by atomic mass is 32.2. The van der Waals surface area contributed by atoms with Crippen molar-refractivity contribution in [2.75, 3.05) is 18.0 Å². The van der Waals surface area contributed by atoms with E-state index in [0.717, 1.165) is 5.56 Å². The van der Waals surface area contributed by atoms with Crippen LogP contribution in [0.15, 0.2) is 24.3 Å². The third-order valence-electron chi connectivity index (χ3n) is 4.34. The number of hydrogen-bond donors (Lipinski definition) is 1. The van der Waals surface area contributed by atoms with Gasteiger partial charge < -0.3 is 10.6 Å². The molecule has 116 valence electrons. The largest absolute Gasteiger partial charge is 0.399 e. The summed E-state index contributed by atoms with van der Waals surface area (Å²) >= 11 is 0. The zero-order chi connectivity index (χ0) is 15.6. The summed E-state index contributed by atoms with van der Waals surface area (Å²) in [4.78, 5) is 14.0. The maximum Gasteiger partial charge on any atom is 0.223 e. The number of benzene rings is 1. The molecule has 0 aliphatic carbocycles. The van der Waals surface area contributed by atoms with Crippen LogP contribution in [0.2, 0.25) is 0 Å². The molecule has 1 aromatic rings. The van der Waals surface area contributed by atoms with Crippen molar-refractivity contribution in [2.45, 2.75) is 38.0 Å². The number of amides is 1. The van der Waals surface area contributed by atoms with Crippen molar-refractivity contribution >= 4 is 21.4 Å². The van der Waals surface area contributed by atoms with Crippen molar-refractivity contribution in [1.29, 1.82) is 0 Å². The quantitative estimate of drug-likeness (QED) is 0.852. The molecule has 1 aromatic carbocycles. The Morgan fingerprint density at radius 3 is 2.67 bits per heavy atom. The monoisotopic (exact) mass is 310 g/mol. The van der Waals surface area contributed by atoms with E-state index in [1.807, 2.05) is 24.3 Å². The van der Waals surface area contributed by atoms with E-state index < -0.39 is 15.1 Å². The van der Waals surface area contributed by atoms with Gasteiger partial charge in [0.25, 0.3) is 0 Å². The number of hydrogen-bond acceptors (Lipinski definition) is 4. The van der Waals surface area contributed by atoms with Crippen molar-refractivity contribution in [3.05, 3.63) is 29.8 Å². The molecule has 0 aromatic heterocycles. The van der Waals surface area contributed by atoms with Crippen LogP contribution in [-0.2, 0) is 21.1 Å². The zero-order valence-electron chi connectivity index (χ0n) is 12.5. The molecule has 0 saturated carbocycles. The molecule has 21 heavy (non-hydrogen) atoms. The fraction of sp³-hybridized carbons (Fsp3) is 0.533. The van der Waals surface area contributed by atoms with E-state index in [-0.39, 0.29) is 24.2 Å². The summed E-state index contributed by atoms with van der Waals surface area (Å²) in [6.07, 6.45) is 0.932. The van der Waals surface area contributed by atoms with Crippen molar-refractivity contribution in [1.82, 2.24) is 4.90 Å². The van der Waals surface area contributed by atoms with Gasteiger partial charge in [-0.2, -0.15) is 0 Å². The lowest BCUT2D eigenvalue weighted by Gasteiger charge is -2.37. The Labute approximate surface area is 126 Å². The van der Waals surface area contributed by atoms with Gasteiger partial charge in [-0.3, -0.25) is 4.79 Å². The highest BCUT2D eigenvalue weighted by Crippen LogP contribution is 2.21. The summed E-state index contributed by atoms with van der Waals surface area (Å²) in [6, 6.07) is 7.21. The van der Waals surface area contributed by atoms with Crippen LogP contribution in [0.1, 0.15) is 25.8 Å². The Kier molecular flexibility index (Phi) is 4.56. The smallest absolute Gasteiger partial charge is 0.223 e. The zero-order valence-corrected chi connectivity index (χ0v) is 13.3. The summed E-state index contributed by atoms with van der Waals surface area (Å²) in [5.74, 6) is 0.0464. The van der Waals surface area contributed by atoms with Gasteiger partial charge in [-0.15, -0.1) is 0 Å². The van der Waals surface area contributed by atoms with Crippen molar-refractivity contribution in [3.63, 3.8) is 0 Å². The highest BCUT2D eigenvalue weighted by Gasteiger charge is 2.37. The Morgan fingerprint density at radius 1 is 1.33 bits per heavy atom. The summed E-state index contributed by atoms with van der Waals surface area (Å²) in [5.41, 5.74) is 7.51. The van der Waals surface area contributed by atoms with Crippen LogP contribution in [0.25, 0.3) is 0 Å². The van der Waals surface area contributed by atoms with Crippen molar-refractivity contribution in [2.24, 2.45) is 0 Å². The number of sulfone groups is 1. The Morgan fingerprint density at radius 2 is 2.00 bits per heavy atom. The third-order valence-corrected chi connectivity index (χ3v) is 6.62. The van der Waals surface area contributed by atoms with Crippen LogP contribution >= 0.6 is 0 Å². The van der Waals surface area contributed by atoms with Crippen LogP contribution < -0.4 is 5.73 Å². The minimum Gasteiger partial charge on any atom is -0.399 e. The minimum atomic E-state index is -3.06. The Balaban J connectivity index is 2.00. The number of carbonyl (C=O) groups is 1. The molecule has 1 heterocycles. The lowest BCUT2D eigenvalue weighted by molar-refractivity contribution is -0.133. The van der Waals surface area contributed by atoms with Crippen LogP contribution in [-0.4, -0.2) is 42.8 Å². The lowest BCUT2D eigenvalue weighted by atomic mass is 10.1.